The summed E-state index contributed by atoms with van der Waals surface area (Å²) < 4.78 is 6.45. The third-order valence-corrected chi connectivity index (χ3v) is 6.57. The normalized spacial score (nSPS) is 14.7. The number of thioether (sulfide) groups is 1. The van der Waals surface area contributed by atoms with Crippen molar-refractivity contribution in [2.45, 2.75) is 20.1 Å². The maximum absolute atomic E-state index is 13.1. The summed E-state index contributed by atoms with van der Waals surface area (Å²) >= 11 is 6.61. The second kappa shape index (κ2) is 9.97. The van der Waals surface area contributed by atoms with E-state index in [0.717, 1.165) is 16.7 Å². The van der Waals surface area contributed by atoms with E-state index < -0.39 is 4.92 Å². The van der Waals surface area contributed by atoms with Crippen molar-refractivity contribution in [1.82, 2.24) is 4.90 Å². The predicted octanol–water partition coefficient (Wildman–Crippen LogP) is 5.88. The van der Waals surface area contributed by atoms with Crippen LogP contribution in [0.2, 0.25) is 0 Å². The molecular formula is C25H20N2O4S2. The van der Waals surface area contributed by atoms with Crippen LogP contribution in [0.15, 0.2) is 77.7 Å². The fraction of sp³-hybridized carbons (Fsp3) is 0.120. The Hall–Kier alpha value is -3.49. The summed E-state index contributed by atoms with van der Waals surface area (Å²) in [5.41, 5.74) is 3.44. The van der Waals surface area contributed by atoms with Gasteiger partial charge >= 0.3 is 0 Å². The standard InChI is InChI=1S/C25H20N2O4S2/c1-17-7-5-6-10-19(17)16-31-22-12-11-21(27(29)30)13-20(22)14-23-24(28)26(25(32)33-23)15-18-8-3-2-4-9-18/h2-14H,15-16H2,1H3. The lowest BCUT2D eigenvalue weighted by molar-refractivity contribution is -0.384. The van der Waals surface area contributed by atoms with Crippen molar-refractivity contribution in [2.75, 3.05) is 0 Å². The van der Waals surface area contributed by atoms with Crippen LogP contribution in [-0.2, 0) is 17.9 Å². The van der Waals surface area contributed by atoms with Gasteiger partial charge in [-0.15, -0.1) is 0 Å². The molecule has 4 rings (SSSR count). The molecule has 0 spiro atoms. The van der Waals surface area contributed by atoms with Crippen LogP contribution in [0.4, 0.5) is 5.69 Å². The summed E-state index contributed by atoms with van der Waals surface area (Å²) in [6.07, 6.45) is 1.62. The highest BCUT2D eigenvalue weighted by atomic mass is 32.2. The van der Waals surface area contributed by atoms with E-state index in [-0.39, 0.29) is 11.6 Å². The molecule has 6 nitrogen and oxygen atoms in total. The molecule has 0 unspecified atom stereocenters. The summed E-state index contributed by atoms with van der Waals surface area (Å²) in [5, 5.41) is 11.3. The van der Waals surface area contributed by atoms with Crippen LogP contribution in [0.5, 0.6) is 5.75 Å². The van der Waals surface area contributed by atoms with E-state index in [4.69, 9.17) is 17.0 Å². The third-order valence-electron chi connectivity index (χ3n) is 5.19. The van der Waals surface area contributed by atoms with Crippen LogP contribution in [0.25, 0.3) is 6.08 Å². The number of nitro groups is 1. The molecule has 0 bridgehead atoms. The van der Waals surface area contributed by atoms with E-state index >= 15 is 0 Å². The van der Waals surface area contributed by atoms with Crippen LogP contribution >= 0.6 is 24.0 Å². The van der Waals surface area contributed by atoms with E-state index in [1.165, 1.54) is 28.8 Å². The van der Waals surface area contributed by atoms with Gasteiger partial charge in [0.1, 0.15) is 16.7 Å². The molecule has 1 aliphatic rings. The number of ether oxygens (including phenoxy) is 1. The number of hydrogen-bond donors (Lipinski definition) is 0. The lowest BCUT2D eigenvalue weighted by atomic mass is 10.1. The molecule has 1 saturated heterocycles. The molecule has 0 aliphatic carbocycles. The maximum Gasteiger partial charge on any atom is 0.270 e. The predicted molar refractivity (Wildman–Crippen MR) is 134 cm³/mol. The van der Waals surface area contributed by atoms with Crippen LogP contribution in [0.1, 0.15) is 22.3 Å². The minimum atomic E-state index is -0.469. The molecule has 0 radical (unpaired) electrons. The summed E-state index contributed by atoms with van der Waals surface area (Å²) in [4.78, 5) is 25.9. The van der Waals surface area contributed by atoms with Crippen LogP contribution < -0.4 is 4.74 Å². The minimum Gasteiger partial charge on any atom is -0.488 e. The topological polar surface area (TPSA) is 72.7 Å². The Morgan fingerprint density at radius 2 is 1.82 bits per heavy atom. The van der Waals surface area contributed by atoms with Crippen molar-refractivity contribution in [3.05, 3.63) is 110 Å². The summed E-state index contributed by atoms with van der Waals surface area (Å²) in [6, 6.07) is 21.8. The quantitative estimate of drug-likeness (QED) is 0.183. The Morgan fingerprint density at radius 3 is 2.55 bits per heavy atom. The van der Waals surface area contributed by atoms with Crippen molar-refractivity contribution in [2.24, 2.45) is 0 Å². The number of hydrogen-bond acceptors (Lipinski definition) is 6. The van der Waals surface area contributed by atoms with Crippen molar-refractivity contribution in [1.29, 1.82) is 0 Å². The molecule has 0 atom stereocenters. The van der Waals surface area contributed by atoms with E-state index in [2.05, 4.69) is 0 Å². The zero-order valence-electron chi connectivity index (χ0n) is 17.8. The average molecular weight is 477 g/mol. The van der Waals surface area contributed by atoms with Crippen molar-refractivity contribution in [3.63, 3.8) is 0 Å². The number of amides is 1. The zero-order valence-corrected chi connectivity index (χ0v) is 19.4. The van der Waals surface area contributed by atoms with Crippen molar-refractivity contribution < 1.29 is 14.5 Å². The van der Waals surface area contributed by atoms with E-state index in [0.29, 0.717) is 33.7 Å². The minimum absolute atomic E-state index is 0.0794. The Morgan fingerprint density at radius 1 is 1.09 bits per heavy atom. The monoisotopic (exact) mass is 476 g/mol. The van der Waals surface area contributed by atoms with Crippen LogP contribution in [0, 0.1) is 17.0 Å². The lowest BCUT2D eigenvalue weighted by Gasteiger charge is -2.14. The number of carbonyl (C=O) groups is 1. The first-order valence-corrected chi connectivity index (χ1v) is 11.4. The summed E-state index contributed by atoms with van der Waals surface area (Å²) in [7, 11) is 0. The molecular weight excluding hydrogens is 456 g/mol. The van der Waals surface area contributed by atoms with Gasteiger partial charge in [0.15, 0.2) is 0 Å². The number of non-ortho nitro benzene ring substituents is 1. The van der Waals surface area contributed by atoms with Gasteiger partial charge in [-0.2, -0.15) is 0 Å². The third kappa shape index (κ3) is 5.30. The number of nitro benzene ring substituents is 1. The van der Waals surface area contributed by atoms with Crippen molar-refractivity contribution >= 4 is 46.0 Å². The van der Waals surface area contributed by atoms with Gasteiger partial charge in [-0.3, -0.25) is 19.8 Å². The van der Waals surface area contributed by atoms with E-state index in [1.54, 1.807) is 12.1 Å². The van der Waals surface area contributed by atoms with E-state index in [9.17, 15) is 14.9 Å². The highest BCUT2D eigenvalue weighted by molar-refractivity contribution is 8.26. The maximum atomic E-state index is 13.1. The lowest BCUT2D eigenvalue weighted by Crippen LogP contribution is -2.27. The van der Waals surface area contributed by atoms with Gasteiger partial charge in [0.05, 0.1) is 16.4 Å². The van der Waals surface area contributed by atoms with Gasteiger partial charge in [-0.1, -0.05) is 78.6 Å². The molecule has 3 aromatic rings. The molecule has 1 heterocycles. The first-order valence-electron chi connectivity index (χ1n) is 10.2. The van der Waals surface area contributed by atoms with Crippen molar-refractivity contribution in [3.8, 4) is 5.75 Å². The fourth-order valence-corrected chi connectivity index (χ4v) is 4.61. The highest BCUT2D eigenvalue weighted by Crippen LogP contribution is 2.36. The Balaban J connectivity index is 1.62. The number of aryl methyl sites for hydroxylation is 1. The molecule has 33 heavy (non-hydrogen) atoms. The highest BCUT2D eigenvalue weighted by Gasteiger charge is 2.32. The van der Waals surface area contributed by atoms with Gasteiger partial charge in [0.2, 0.25) is 0 Å². The second-order valence-corrected chi connectivity index (χ2v) is 9.12. The number of benzene rings is 3. The molecule has 0 aromatic heterocycles. The van der Waals surface area contributed by atoms with Crippen LogP contribution in [0.3, 0.4) is 0 Å². The molecule has 1 amide bonds. The Kier molecular flexibility index (Phi) is 6.86. The molecule has 166 valence electrons. The molecule has 1 fully saturated rings. The van der Waals surface area contributed by atoms with Gasteiger partial charge in [-0.25, -0.2) is 0 Å². The van der Waals surface area contributed by atoms with Gasteiger partial charge < -0.3 is 4.74 Å². The van der Waals surface area contributed by atoms with Gasteiger partial charge in [-0.05, 0) is 35.8 Å². The number of nitrogens with zero attached hydrogens (tertiary/aromatic N) is 2. The first-order chi connectivity index (χ1) is 15.9. The average Bonchev–Trinajstić information content (AvgIpc) is 3.07. The number of rotatable bonds is 7. The SMILES string of the molecule is Cc1ccccc1COc1ccc([N+](=O)[O-])cc1C=C1SC(=S)N(Cc2ccccc2)C1=O. The first kappa shape index (κ1) is 22.7. The Labute approximate surface area is 201 Å². The second-order valence-electron chi connectivity index (χ2n) is 7.45. The molecule has 0 saturated carbocycles. The molecule has 3 aromatic carbocycles. The molecule has 0 N–H and O–H groups in total. The van der Waals surface area contributed by atoms with E-state index in [1.807, 2.05) is 61.5 Å². The summed E-state index contributed by atoms with van der Waals surface area (Å²) in [6.45, 7) is 2.67. The Bertz CT molecular complexity index is 1260. The summed E-state index contributed by atoms with van der Waals surface area (Å²) in [5.74, 6) is 0.224. The number of carbonyl (C=O) groups excluding carboxylic acids is 1. The van der Waals surface area contributed by atoms with Crippen LogP contribution in [-0.4, -0.2) is 20.1 Å². The number of thiocarbonyl (C=S) groups is 1. The van der Waals surface area contributed by atoms with Gasteiger partial charge in [0.25, 0.3) is 11.6 Å². The molecule has 1 aliphatic heterocycles. The molecule has 8 heteroatoms. The van der Waals surface area contributed by atoms with Gasteiger partial charge in [0, 0.05) is 17.7 Å². The smallest absolute Gasteiger partial charge is 0.270 e. The largest absolute Gasteiger partial charge is 0.488 e. The fourth-order valence-electron chi connectivity index (χ4n) is 3.36. The zero-order chi connectivity index (χ0) is 23.4.